The van der Waals surface area contributed by atoms with Gasteiger partial charge in [0.1, 0.15) is 6.61 Å². The van der Waals surface area contributed by atoms with E-state index in [9.17, 15) is 4.79 Å². The summed E-state index contributed by atoms with van der Waals surface area (Å²) in [6, 6.07) is 0.337. The fourth-order valence-electron chi connectivity index (χ4n) is 1.74. The molecule has 1 aliphatic rings. The molecule has 0 radical (unpaired) electrons. The fourth-order valence-corrected chi connectivity index (χ4v) is 1.74. The number of hydrogen-bond donors (Lipinski definition) is 2. The molecule has 0 spiro atoms. The molecule has 1 amide bonds. The van der Waals surface area contributed by atoms with E-state index >= 15 is 0 Å². The first-order valence-corrected chi connectivity index (χ1v) is 4.73. The lowest BCUT2D eigenvalue weighted by atomic mass is 10.1. The van der Waals surface area contributed by atoms with Gasteiger partial charge in [-0.3, -0.25) is 4.79 Å². The van der Waals surface area contributed by atoms with E-state index in [1.807, 2.05) is 0 Å². The lowest BCUT2D eigenvalue weighted by molar-refractivity contribution is -0.124. The number of carbonyl (C=O) groups is 1. The van der Waals surface area contributed by atoms with Gasteiger partial charge in [-0.1, -0.05) is 0 Å². The average molecular weight is 186 g/mol. The van der Waals surface area contributed by atoms with Crippen molar-refractivity contribution in [2.24, 2.45) is 11.7 Å². The lowest BCUT2D eigenvalue weighted by Crippen LogP contribution is -2.31. The molecule has 0 heterocycles. The van der Waals surface area contributed by atoms with Crippen LogP contribution < -0.4 is 11.1 Å². The summed E-state index contributed by atoms with van der Waals surface area (Å²) in [6.07, 6.45) is 3.26. The summed E-state index contributed by atoms with van der Waals surface area (Å²) in [6.45, 7) is 0.897. The van der Waals surface area contributed by atoms with Crippen LogP contribution in [0.1, 0.15) is 19.3 Å². The zero-order chi connectivity index (χ0) is 9.68. The third-order valence-electron chi connectivity index (χ3n) is 2.45. The summed E-state index contributed by atoms with van der Waals surface area (Å²) in [5, 5.41) is 2.83. The van der Waals surface area contributed by atoms with Gasteiger partial charge in [0.25, 0.3) is 0 Å². The Balaban J connectivity index is 2.09. The van der Waals surface area contributed by atoms with Gasteiger partial charge in [-0.05, 0) is 25.2 Å². The molecule has 2 unspecified atom stereocenters. The second kappa shape index (κ2) is 5.19. The van der Waals surface area contributed by atoms with Crippen molar-refractivity contribution >= 4 is 5.91 Å². The molecule has 3 N–H and O–H groups in total. The zero-order valence-corrected chi connectivity index (χ0v) is 8.08. The second-order valence-electron chi connectivity index (χ2n) is 3.68. The molecule has 76 valence electrons. The number of nitrogens with two attached hydrogens (primary N) is 1. The average Bonchev–Trinajstić information content (AvgIpc) is 2.49. The van der Waals surface area contributed by atoms with Crippen LogP contribution in [0.2, 0.25) is 0 Å². The molecule has 0 aromatic carbocycles. The number of ether oxygens (including phenoxy) is 1. The Kier molecular flexibility index (Phi) is 4.18. The van der Waals surface area contributed by atoms with Gasteiger partial charge in [-0.25, -0.2) is 0 Å². The highest BCUT2D eigenvalue weighted by Gasteiger charge is 2.21. The van der Waals surface area contributed by atoms with Gasteiger partial charge in [0, 0.05) is 19.7 Å². The molecule has 0 saturated heterocycles. The van der Waals surface area contributed by atoms with E-state index in [0.29, 0.717) is 12.0 Å². The minimum absolute atomic E-state index is 0.0389. The molecule has 1 fully saturated rings. The lowest BCUT2D eigenvalue weighted by Gasteiger charge is -2.10. The zero-order valence-electron chi connectivity index (χ0n) is 8.08. The standard InChI is InChI=1S/C9H18N2O2/c1-13-6-9(12)11-5-7-2-3-8(10)4-7/h7-8H,2-6,10H2,1H3,(H,11,12). The van der Waals surface area contributed by atoms with Gasteiger partial charge in [0.15, 0.2) is 0 Å². The van der Waals surface area contributed by atoms with Crippen LogP contribution in [0.5, 0.6) is 0 Å². The fraction of sp³-hybridized carbons (Fsp3) is 0.889. The van der Waals surface area contributed by atoms with Crippen molar-refractivity contribution in [2.75, 3.05) is 20.3 Å². The highest BCUT2D eigenvalue weighted by molar-refractivity contribution is 5.77. The van der Waals surface area contributed by atoms with Crippen molar-refractivity contribution in [3.05, 3.63) is 0 Å². The molecule has 2 atom stereocenters. The second-order valence-corrected chi connectivity index (χ2v) is 3.68. The molecule has 1 saturated carbocycles. The molecule has 0 aliphatic heterocycles. The quantitative estimate of drug-likeness (QED) is 0.643. The number of nitrogens with one attached hydrogen (secondary N) is 1. The SMILES string of the molecule is COCC(=O)NCC1CCC(N)C1. The van der Waals surface area contributed by atoms with Crippen molar-refractivity contribution in [2.45, 2.75) is 25.3 Å². The maximum absolute atomic E-state index is 11.0. The van der Waals surface area contributed by atoms with Crippen LogP contribution in [0.3, 0.4) is 0 Å². The molecule has 4 nitrogen and oxygen atoms in total. The Morgan fingerprint density at radius 1 is 1.62 bits per heavy atom. The van der Waals surface area contributed by atoms with Gasteiger partial charge < -0.3 is 15.8 Å². The summed E-state index contributed by atoms with van der Waals surface area (Å²) >= 11 is 0. The van der Waals surface area contributed by atoms with Crippen LogP contribution in [0.25, 0.3) is 0 Å². The normalized spacial score (nSPS) is 27.5. The largest absolute Gasteiger partial charge is 0.375 e. The summed E-state index contributed by atoms with van der Waals surface area (Å²) in [7, 11) is 1.52. The van der Waals surface area contributed by atoms with E-state index in [1.54, 1.807) is 0 Å². The predicted molar refractivity (Wildman–Crippen MR) is 50.2 cm³/mol. The maximum atomic E-state index is 11.0. The highest BCUT2D eigenvalue weighted by Crippen LogP contribution is 2.22. The Bertz CT molecular complexity index is 173. The molecule has 13 heavy (non-hydrogen) atoms. The van der Waals surface area contributed by atoms with Gasteiger partial charge in [0.2, 0.25) is 5.91 Å². The number of rotatable bonds is 4. The third-order valence-corrected chi connectivity index (χ3v) is 2.45. The Morgan fingerprint density at radius 2 is 2.38 bits per heavy atom. The van der Waals surface area contributed by atoms with Gasteiger partial charge in [0.05, 0.1) is 0 Å². The van der Waals surface area contributed by atoms with Crippen LogP contribution >= 0.6 is 0 Å². The Morgan fingerprint density at radius 3 is 2.92 bits per heavy atom. The number of methoxy groups -OCH3 is 1. The van der Waals surface area contributed by atoms with E-state index < -0.39 is 0 Å². The third kappa shape index (κ3) is 3.74. The number of carbonyl (C=O) groups excluding carboxylic acids is 1. The van der Waals surface area contributed by atoms with Crippen LogP contribution in [0, 0.1) is 5.92 Å². The molecular formula is C9H18N2O2. The highest BCUT2D eigenvalue weighted by atomic mass is 16.5. The predicted octanol–water partition coefficient (Wildman–Crippen LogP) is -0.124. The molecule has 0 aromatic heterocycles. The van der Waals surface area contributed by atoms with E-state index in [1.165, 1.54) is 7.11 Å². The van der Waals surface area contributed by atoms with Crippen molar-refractivity contribution < 1.29 is 9.53 Å². The molecule has 1 rings (SSSR count). The van der Waals surface area contributed by atoms with E-state index in [4.69, 9.17) is 10.5 Å². The first kappa shape index (κ1) is 10.5. The topological polar surface area (TPSA) is 64.3 Å². The van der Waals surface area contributed by atoms with Crippen molar-refractivity contribution in [1.82, 2.24) is 5.32 Å². The van der Waals surface area contributed by atoms with Crippen molar-refractivity contribution in [1.29, 1.82) is 0 Å². The van der Waals surface area contributed by atoms with Gasteiger partial charge in [-0.2, -0.15) is 0 Å². The minimum atomic E-state index is -0.0389. The Labute approximate surface area is 78.8 Å². The van der Waals surface area contributed by atoms with Crippen molar-refractivity contribution in [3.63, 3.8) is 0 Å². The van der Waals surface area contributed by atoms with E-state index in [-0.39, 0.29) is 12.5 Å². The van der Waals surface area contributed by atoms with E-state index in [2.05, 4.69) is 5.32 Å². The molecular weight excluding hydrogens is 168 g/mol. The first-order chi connectivity index (χ1) is 6.22. The monoisotopic (exact) mass is 186 g/mol. The van der Waals surface area contributed by atoms with E-state index in [0.717, 1.165) is 25.8 Å². The summed E-state index contributed by atoms with van der Waals surface area (Å²) < 4.78 is 4.70. The van der Waals surface area contributed by atoms with Crippen molar-refractivity contribution in [3.8, 4) is 0 Å². The van der Waals surface area contributed by atoms with Crippen LogP contribution in [-0.2, 0) is 9.53 Å². The van der Waals surface area contributed by atoms with Gasteiger partial charge in [-0.15, -0.1) is 0 Å². The van der Waals surface area contributed by atoms with Crippen LogP contribution in [-0.4, -0.2) is 32.2 Å². The smallest absolute Gasteiger partial charge is 0.245 e. The molecule has 4 heteroatoms. The minimum Gasteiger partial charge on any atom is -0.375 e. The Hall–Kier alpha value is -0.610. The molecule has 0 bridgehead atoms. The van der Waals surface area contributed by atoms with Crippen LogP contribution in [0.15, 0.2) is 0 Å². The molecule has 1 aliphatic carbocycles. The van der Waals surface area contributed by atoms with Crippen LogP contribution in [0.4, 0.5) is 0 Å². The summed E-state index contributed by atoms with van der Waals surface area (Å²) in [5.74, 6) is 0.527. The summed E-state index contributed by atoms with van der Waals surface area (Å²) in [5.41, 5.74) is 5.75. The number of amides is 1. The molecule has 0 aromatic rings. The van der Waals surface area contributed by atoms with Gasteiger partial charge >= 0.3 is 0 Å². The number of hydrogen-bond acceptors (Lipinski definition) is 3. The maximum Gasteiger partial charge on any atom is 0.245 e. The summed E-state index contributed by atoms with van der Waals surface area (Å²) in [4.78, 5) is 11.0. The first-order valence-electron chi connectivity index (χ1n) is 4.73.